The second-order valence-corrected chi connectivity index (χ2v) is 6.59. The fourth-order valence-corrected chi connectivity index (χ4v) is 2.34. The van der Waals surface area contributed by atoms with Crippen LogP contribution in [0.2, 0.25) is 0 Å². The van der Waals surface area contributed by atoms with Crippen molar-refractivity contribution in [1.29, 1.82) is 0 Å². The zero-order valence-electron chi connectivity index (χ0n) is 16.0. The summed E-state index contributed by atoms with van der Waals surface area (Å²) in [6, 6.07) is 5.93. The molecule has 28 heavy (non-hydrogen) atoms. The van der Waals surface area contributed by atoms with Crippen LogP contribution in [0.3, 0.4) is 0 Å². The number of ketones is 1. The van der Waals surface area contributed by atoms with Crippen LogP contribution in [0.5, 0.6) is 5.88 Å². The molecular weight excluding hydrogens is 368 g/mol. The third kappa shape index (κ3) is 6.68. The van der Waals surface area contributed by atoms with Crippen molar-refractivity contribution in [2.45, 2.75) is 45.6 Å². The Bertz CT molecular complexity index is 820. The highest BCUT2D eigenvalue weighted by atomic mass is 19.3. The Balaban J connectivity index is 1.98. The zero-order valence-corrected chi connectivity index (χ0v) is 16.0. The SMILES string of the molecule is CCC(=O)Cc1cc(C(=O)NC(C)c2ccc(OCC(C)(F)F)nc2)ccn1. The quantitative estimate of drug-likeness (QED) is 0.707. The van der Waals surface area contributed by atoms with Gasteiger partial charge in [0.15, 0.2) is 6.61 Å². The van der Waals surface area contributed by atoms with Gasteiger partial charge in [-0.15, -0.1) is 0 Å². The molecule has 0 radical (unpaired) electrons. The molecular formula is C20H23F2N3O3. The largest absolute Gasteiger partial charge is 0.471 e. The lowest BCUT2D eigenvalue weighted by Gasteiger charge is -2.15. The highest BCUT2D eigenvalue weighted by Gasteiger charge is 2.22. The molecule has 6 nitrogen and oxygen atoms in total. The van der Waals surface area contributed by atoms with E-state index in [0.717, 1.165) is 6.92 Å². The van der Waals surface area contributed by atoms with Gasteiger partial charge in [-0.1, -0.05) is 13.0 Å². The van der Waals surface area contributed by atoms with Gasteiger partial charge in [0.05, 0.1) is 6.04 Å². The number of pyridine rings is 2. The molecule has 2 aromatic rings. The monoisotopic (exact) mass is 391 g/mol. The first-order valence-corrected chi connectivity index (χ1v) is 8.92. The number of aromatic nitrogens is 2. The molecule has 0 saturated carbocycles. The second kappa shape index (κ2) is 9.34. The van der Waals surface area contributed by atoms with Crippen LogP contribution in [0.1, 0.15) is 54.8 Å². The van der Waals surface area contributed by atoms with Crippen LogP contribution in [0.4, 0.5) is 8.78 Å². The van der Waals surface area contributed by atoms with E-state index in [1.165, 1.54) is 18.5 Å². The summed E-state index contributed by atoms with van der Waals surface area (Å²) < 4.78 is 30.6. The van der Waals surface area contributed by atoms with Crippen LogP contribution in [0.15, 0.2) is 36.7 Å². The molecule has 150 valence electrons. The van der Waals surface area contributed by atoms with Gasteiger partial charge in [-0.25, -0.2) is 13.8 Å². The summed E-state index contributed by atoms with van der Waals surface area (Å²) in [6.45, 7) is 3.56. The number of hydrogen-bond acceptors (Lipinski definition) is 5. The molecule has 0 aliphatic carbocycles. The predicted molar refractivity (Wildman–Crippen MR) is 99.5 cm³/mol. The third-order valence-corrected chi connectivity index (χ3v) is 3.93. The number of nitrogens with zero attached hydrogens (tertiary/aromatic N) is 2. The number of hydrogen-bond donors (Lipinski definition) is 1. The molecule has 1 atom stereocenters. The Kier molecular flexibility index (Phi) is 7.14. The lowest BCUT2D eigenvalue weighted by Crippen LogP contribution is -2.27. The number of Topliss-reactive ketones (excluding diaryl/α,β-unsaturated/α-hetero) is 1. The van der Waals surface area contributed by atoms with E-state index in [2.05, 4.69) is 15.3 Å². The van der Waals surface area contributed by atoms with E-state index in [1.807, 2.05) is 0 Å². The van der Waals surface area contributed by atoms with Crippen molar-refractivity contribution in [1.82, 2.24) is 15.3 Å². The number of alkyl halides is 2. The summed E-state index contributed by atoms with van der Waals surface area (Å²) in [6.07, 6.45) is 3.56. The summed E-state index contributed by atoms with van der Waals surface area (Å²) >= 11 is 0. The normalized spacial score (nSPS) is 12.3. The molecule has 0 aliphatic heterocycles. The summed E-state index contributed by atoms with van der Waals surface area (Å²) in [4.78, 5) is 32.1. The predicted octanol–water partition coefficient (Wildman–Crippen LogP) is 3.52. The van der Waals surface area contributed by atoms with Gasteiger partial charge < -0.3 is 10.1 Å². The van der Waals surface area contributed by atoms with Crippen LogP contribution >= 0.6 is 0 Å². The van der Waals surface area contributed by atoms with Crippen molar-refractivity contribution in [3.8, 4) is 5.88 Å². The van der Waals surface area contributed by atoms with E-state index >= 15 is 0 Å². The average molecular weight is 391 g/mol. The van der Waals surface area contributed by atoms with Gasteiger partial charge in [-0.05, 0) is 24.6 Å². The van der Waals surface area contributed by atoms with Crippen LogP contribution in [0.25, 0.3) is 0 Å². The Hall–Kier alpha value is -2.90. The molecule has 1 amide bonds. The van der Waals surface area contributed by atoms with Gasteiger partial charge in [0.2, 0.25) is 5.88 Å². The molecule has 0 bridgehead atoms. The van der Waals surface area contributed by atoms with Gasteiger partial charge in [-0.3, -0.25) is 14.6 Å². The van der Waals surface area contributed by atoms with Gasteiger partial charge in [0.25, 0.3) is 11.8 Å². The summed E-state index contributed by atoms with van der Waals surface area (Å²) in [7, 11) is 0. The molecule has 8 heteroatoms. The van der Waals surface area contributed by atoms with Crippen LogP contribution < -0.4 is 10.1 Å². The van der Waals surface area contributed by atoms with E-state index in [9.17, 15) is 18.4 Å². The molecule has 1 unspecified atom stereocenters. The summed E-state index contributed by atoms with van der Waals surface area (Å²) in [5, 5.41) is 2.83. The number of ether oxygens (including phenoxy) is 1. The van der Waals surface area contributed by atoms with Crippen LogP contribution in [-0.4, -0.2) is 34.2 Å². The maximum atomic E-state index is 12.8. The Labute approximate surface area is 162 Å². The standard InChI is InChI=1S/C20H23F2N3O3/c1-4-17(26)10-16-9-14(7-8-23-16)19(27)25-13(2)15-5-6-18(24-11-15)28-12-20(3,21)22/h5-9,11,13H,4,10,12H2,1-3H3,(H,25,27). The first-order chi connectivity index (χ1) is 13.2. The summed E-state index contributed by atoms with van der Waals surface area (Å²) in [5.74, 6) is -3.12. The van der Waals surface area contributed by atoms with E-state index in [0.29, 0.717) is 23.2 Å². The van der Waals surface area contributed by atoms with Crippen molar-refractivity contribution in [2.24, 2.45) is 0 Å². The lowest BCUT2D eigenvalue weighted by molar-refractivity contribution is -0.118. The molecule has 0 aromatic carbocycles. The van der Waals surface area contributed by atoms with Crippen molar-refractivity contribution in [3.63, 3.8) is 0 Å². The Morgan fingerprint density at radius 3 is 2.61 bits per heavy atom. The fraction of sp³-hybridized carbons (Fsp3) is 0.400. The van der Waals surface area contributed by atoms with Gasteiger partial charge >= 0.3 is 0 Å². The molecule has 0 spiro atoms. The molecule has 0 aliphatic rings. The van der Waals surface area contributed by atoms with Gasteiger partial charge in [-0.2, -0.15) is 0 Å². The number of nitrogens with one attached hydrogen (secondary N) is 1. The average Bonchev–Trinajstić information content (AvgIpc) is 2.66. The highest BCUT2D eigenvalue weighted by Crippen LogP contribution is 2.18. The first kappa shape index (κ1) is 21.4. The zero-order chi connectivity index (χ0) is 20.7. The van der Waals surface area contributed by atoms with Gasteiger partial charge in [0.1, 0.15) is 5.78 Å². The van der Waals surface area contributed by atoms with Crippen molar-refractivity contribution < 1.29 is 23.1 Å². The number of rotatable bonds is 9. The maximum absolute atomic E-state index is 12.8. The smallest absolute Gasteiger partial charge is 0.278 e. The summed E-state index contributed by atoms with van der Waals surface area (Å²) in [5.41, 5.74) is 1.64. The lowest BCUT2D eigenvalue weighted by atomic mass is 10.1. The van der Waals surface area contributed by atoms with E-state index in [-0.39, 0.29) is 30.0 Å². The topological polar surface area (TPSA) is 81.2 Å². The Morgan fingerprint density at radius 1 is 1.25 bits per heavy atom. The van der Waals surface area contributed by atoms with Crippen LogP contribution in [-0.2, 0) is 11.2 Å². The minimum absolute atomic E-state index is 0.0487. The van der Waals surface area contributed by atoms with Crippen LogP contribution in [0, 0.1) is 0 Å². The number of halogens is 2. The number of amides is 1. The van der Waals surface area contributed by atoms with Gasteiger partial charge in [0, 0.05) is 49.5 Å². The van der Waals surface area contributed by atoms with Crippen molar-refractivity contribution in [2.75, 3.05) is 6.61 Å². The first-order valence-electron chi connectivity index (χ1n) is 8.92. The van der Waals surface area contributed by atoms with E-state index < -0.39 is 12.5 Å². The maximum Gasteiger partial charge on any atom is 0.278 e. The molecule has 2 aromatic heterocycles. The van der Waals surface area contributed by atoms with Crippen molar-refractivity contribution in [3.05, 3.63) is 53.5 Å². The molecule has 1 N–H and O–H groups in total. The van der Waals surface area contributed by atoms with Crippen molar-refractivity contribution >= 4 is 11.7 Å². The molecule has 2 rings (SSSR count). The number of carbonyl (C=O) groups excluding carboxylic acids is 2. The highest BCUT2D eigenvalue weighted by molar-refractivity contribution is 5.94. The Morgan fingerprint density at radius 2 is 2.00 bits per heavy atom. The minimum atomic E-state index is -2.94. The fourth-order valence-electron chi connectivity index (χ4n) is 2.34. The molecule has 0 fully saturated rings. The molecule has 0 saturated heterocycles. The second-order valence-electron chi connectivity index (χ2n) is 6.59. The third-order valence-electron chi connectivity index (χ3n) is 3.93. The van der Waals surface area contributed by atoms with E-state index in [1.54, 1.807) is 32.0 Å². The number of carbonyl (C=O) groups is 2. The minimum Gasteiger partial charge on any atom is -0.471 e. The molecule has 2 heterocycles. The van der Waals surface area contributed by atoms with E-state index in [4.69, 9.17) is 4.74 Å².